The molecule has 3 amide bonds. The smallest absolute Gasteiger partial charge is 0.247 e. The first kappa shape index (κ1) is 23.1. The molecule has 0 spiro atoms. The maximum atomic E-state index is 13.5. The minimum atomic E-state index is -0.866. The lowest BCUT2D eigenvalue weighted by Gasteiger charge is -2.31. The molecule has 1 heterocycles. The van der Waals surface area contributed by atoms with E-state index in [1.807, 2.05) is 0 Å². The fraction of sp³-hybridized carbons (Fsp3) is 0.550. The Balaban J connectivity index is 2.33. The van der Waals surface area contributed by atoms with Crippen molar-refractivity contribution in [3.8, 4) is 0 Å². The van der Waals surface area contributed by atoms with Crippen LogP contribution in [0.3, 0.4) is 0 Å². The first-order chi connectivity index (χ1) is 13.8. The Morgan fingerprint density at radius 3 is 2.48 bits per heavy atom. The molecular formula is C20H28ClN3O5. The van der Waals surface area contributed by atoms with E-state index in [0.717, 1.165) is 0 Å². The van der Waals surface area contributed by atoms with Crippen molar-refractivity contribution >= 4 is 29.3 Å². The van der Waals surface area contributed by atoms with Gasteiger partial charge >= 0.3 is 0 Å². The van der Waals surface area contributed by atoms with E-state index >= 15 is 0 Å². The van der Waals surface area contributed by atoms with E-state index in [-0.39, 0.29) is 18.4 Å². The number of hydrogen-bond acceptors (Lipinski definition) is 5. The standard InChI is InChI=1S/C20H28ClN3O5/c1-3-15(18(26)23-29)17(13-6-8-14(21)9-7-13)20(28)24-10-4-5-16(24)19(27)22-11-12(2)25/h6-9,12,15-17,25,29H,3-5,10-11H2,1-2H3,(H,22,27)(H,23,26)/t12-,15+,16-,17+/m0/s1. The quantitative estimate of drug-likeness (QED) is 0.371. The van der Waals surface area contributed by atoms with Crippen molar-refractivity contribution < 1.29 is 24.7 Å². The molecule has 0 aromatic heterocycles. The molecule has 0 radical (unpaired) electrons. The molecule has 0 saturated carbocycles. The lowest BCUT2D eigenvalue weighted by atomic mass is 9.82. The first-order valence-electron chi connectivity index (χ1n) is 9.75. The summed E-state index contributed by atoms with van der Waals surface area (Å²) < 4.78 is 0. The highest BCUT2D eigenvalue weighted by atomic mass is 35.5. The van der Waals surface area contributed by atoms with Gasteiger partial charge in [-0.15, -0.1) is 0 Å². The van der Waals surface area contributed by atoms with Gasteiger partial charge in [0.05, 0.1) is 17.9 Å². The van der Waals surface area contributed by atoms with Crippen LogP contribution in [0.5, 0.6) is 0 Å². The molecule has 1 aliphatic heterocycles. The molecule has 9 heteroatoms. The minimum absolute atomic E-state index is 0.0997. The van der Waals surface area contributed by atoms with Crippen LogP contribution in [0.25, 0.3) is 0 Å². The Bertz CT molecular complexity index is 725. The zero-order chi connectivity index (χ0) is 21.6. The van der Waals surface area contributed by atoms with Crippen LogP contribution in [0.1, 0.15) is 44.6 Å². The van der Waals surface area contributed by atoms with Crippen molar-refractivity contribution in [2.75, 3.05) is 13.1 Å². The molecule has 1 aliphatic rings. The summed E-state index contributed by atoms with van der Waals surface area (Å²) in [6.45, 7) is 3.82. The SMILES string of the molecule is CC[C@@H](C(=O)NO)[C@H](C(=O)N1CCC[C@H]1C(=O)NC[C@H](C)O)c1ccc(Cl)cc1. The monoisotopic (exact) mass is 425 g/mol. The first-order valence-corrected chi connectivity index (χ1v) is 10.1. The summed E-state index contributed by atoms with van der Waals surface area (Å²) >= 11 is 5.96. The molecule has 2 rings (SSSR count). The molecule has 1 aromatic carbocycles. The Hall–Kier alpha value is -2.16. The molecule has 1 fully saturated rings. The van der Waals surface area contributed by atoms with Gasteiger partial charge in [0.1, 0.15) is 6.04 Å². The van der Waals surface area contributed by atoms with Crippen LogP contribution in [0.15, 0.2) is 24.3 Å². The third kappa shape index (κ3) is 5.68. The van der Waals surface area contributed by atoms with Crippen LogP contribution in [0, 0.1) is 5.92 Å². The number of carbonyl (C=O) groups is 3. The predicted octanol–water partition coefficient (Wildman–Crippen LogP) is 1.44. The minimum Gasteiger partial charge on any atom is -0.392 e. The molecule has 4 atom stereocenters. The van der Waals surface area contributed by atoms with Crippen LogP contribution < -0.4 is 10.8 Å². The summed E-state index contributed by atoms with van der Waals surface area (Å²) in [5.41, 5.74) is 2.23. The fourth-order valence-corrected chi connectivity index (χ4v) is 3.85. The second kappa shape index (κ2) is 10.6. The van der Waals surface area contributed by atoms with Gasteiger partial charge in [-0.3, -0.25) is 19.6 Å². The van der Waals surface area contributed by atoms with Gasteiger partial charge in [-0.2, -0.15) is 0 Å². The number of carbonyl (C=O) groups excluding carboxylic acids is 3. The molecule has 0 bridgehead atoms. The van der Waals surface area contributed by atoms with Crippen LogP contribution in [-0.4, -0.2) is 58.2 Å². The van der Waals surface area contributed by atoms with Gasteiger partial charge in [0.25, 0.3) is 0 Å². The third-order valence-corrected chi connectivity index (χ3v) is 5.45. The highest BCUT2D eigenvalue weighted by Gasteiger charge is 2.42. The number of aliphatic hydroxyl groups is 1. The van der Waals surface area contributed by atoms with E-state index in [9.17, 15) is 19.5 Å². The molecule has 29 heavy (non-hydrogen) atoms. The predicted molar refractivity (Wildman–Crippen MR) is 107 cm³/mol. The Labute approximate surface area is 175 Å². The molecule has 160 valence electrons. The second-order valence-corrected chi connectivity index (χ2v) is 7.74. The molecule has 4 N–H and O–H groups in total. The Morgan fingerprint density at radius 2 is 1.93 bits per heavy atom. The van der Waals surface area contributed by atoms with Gasteiger partial charge < -0.3 is 15.3 Å². The number of rotatable bonds is 8. The molecule has 1 saturated heterocycles. The van der Waals surface area contributed by atoms with Crippen molar-refractivity contribution in [2.45, 2.75) is 51.2 Å². The number of hydroxylamine groups is 1. The molecule has 0 aliphatic carbocycles. The number of nitrogens with one attached hydrogen (secondary N) is 2. The van der Waals surface area contributed by atoms with E-state index in [1.54, 1.807) is 43.6 Å². The summed E-state index contributed by atoms with van der Waals surface area (Å²) in [5, 5.41) is 21.7. The van der Waals surface area contributed by atoms with E-state index in [4.69, 9.17) is 16.8 Å². The zero-order valence-corrected chi connectivity index (χ0v) is 17.4. The van der Waals surface area contributed by atoms with Crippen LogP contribution >= 0.6 is 11.6 Å². The maximum Gasteiger partial charge on any atom is 0.247 e. The number of nitrogens with zero attached hydrogens (tertiary/aromatic N) is 1. The fourth-order valence-electron chi connectivity index (χ4n) is 3.72. The summed E-state index contributed by atoms with van der Waals surface area (Å²) in [6, 6.07) is 5.97. The normalized spacial score (nSPS) is 19.3. The summed E-state index contributed by atoms with van der Waals surface area (Å²) in [4.78, 5) is 39.8. The molecule has 0 unspecified atom stereocenters. The topological polar surface area (TPSA) is 119 Å². The highest BCUT2D eigenvalue weighted by molar-refractivity contribution is 6.30. The lowest BCUT2D eigenvalue weighted by Crippen LogP contribution is -2.50. The van der Waals surface area contributed by atoms with Crippen molar-refractivity contribution in [1.29, 1.82) is 0 Å². The summed E-state index contributed by atoms with van der Waals surface area (Å²) in [6.07, 6.45) is 0.796. The van der Waals surface area contributed by atoms with Gasteiger partial charge in [0.15, 0.2) is 0 Å². The maximum absolute atomic E-state index is 13.5. The van der Waals surface area contributed by atoms with Crippen molar-refractivity contribution in [1.82, 2.24) is 15.7 Å². The van der Waals surface area contributed by atoms with Gasteiger partial charge in [0, 0.05) is 18.1 Å². The third-order valence-electron chi connectivity index (χ3n) is 5.19. The van der Waals surface area contributed by atoms with Gasteiger partial charge in [0.2, 0.25) is 17.7 Å². The van der Waals surface area contributed by atoms with Crippen LogP contribution in [-0.2, 0) is 14.4 Å². The number of benzene rings is 1. The Morgan fingerprint density at radius 1 is 1.28 bits per heavy atom. The lowest BCUT2D eigenvalue weighted by molar-refractivity contribution is -0.144. The number of amides is 3. The van der Waals surface area contributed by atoms with E-state index in [1.165, 1.54) is 4.90 Å². The van der Waals surface area contributed by atoms with Gasteiger partial charge in [-0.1, -0.05) is 30.7 Å². The average Bonchev–Trinajstić information content (AvgIpc) is 3.20. The highest BCUT2D eigenvalue weighted by Crippen LogP contribution is 2.33. The van der Waals surface area contributed by atoms with Gasteiger partial charge in [-0.25, -0.2) is 5.48 Å². The van der Waals surface area contributed by atoms with Crippen molar-refractivity contribution in [2.24, 2.45) is 5.92 Å². The number of halogens is 1. The zero-order valence-electron chi connectivity index (χ0n) is 16.6. The average molecular weight is 426 g/mol. The van der Waals surface area contributed by atoms with E-state index in [2.05, 4.69) is 5.32 Å². The largest absolute Gasteiger partial charge is 0.392 e. The Kier molecular flexibility index (Phi) is 8.43. The van der Waals surface area contributed by atoms with Crippen molar-refractivity contribution in [3.05, 3.63) is 34.9 Å². The van der Waals surface area contributed by atoms with Crippen LogP contribution in [0.2, 0.25) is 5.02 Å². The van der Waals surface area contributed by atoms with Gasteiger partial charge in [-0.05, 0) is 43.9 Å². The van der Waals surface area contributed by atoms with Crippen LogP contribution in [0.4, 0.5) is 0 Å². The summed E-state index contributed by atoms with van der Waals surface area (Å²) in [5.74, 6) is -3.01. The van der Waals surface area contributed by atoms with Crippen molar-refractivity contribution in [3.63, 3.8) is 0 Å². The number of likely N-dealkylation sites (tertiary alicyclic amines) is 1. The van der Waals surface area contributed by atoms with E-state index in [0.29, 0.717) is 36.4 Å². The van der Waals surface area contributed by atoms with E-state index < -0.39 is 29.9 Å². The second-order valence-electron chi connectivity index (χ2n) is 7.30. The summed E-state index contributed by atoms with van der Waals surface area (Å²) in [7, 11) is 0. The molecular weight excluding hydrogens is 398 g/mol. The molecule has 8 nitrogen and oxygen atoms in total. The number of aliphatic hydroxyl groups excluding tert-OH is 1. The molecule has 1 aromatic rings. The number of hydrogen-bond donors (Lipinski definition) is 4.